The number of cyclic esters (lactones) is 1. The fourth-order valence-corrected chi connectivity index (χ4v) is 2.68. The average Bonchev–Trinajstić information content (AvgIpc) is 2.52. The number of esters is 1. The summed E-state index contributed by atoms with van der Waals surface area (Å²) in [7, 11) is 0. The molecule has 0 aromatic heterocycles. The molecule has 0 unspecified atom stereocenters. The first-order valence-electron chi connectivity index (χ1n) is 6.63. The second kappa shape index (κ2) is 4.76. The van der Waals surface area contributed by atoms with Crippen molar-refractivity contribution in [1.29, 1.82) is 0 Å². The van der Waals surface area contributed by atoms with Crippen LogP contribution in [-0.4, -0.2) is 11.1 Å². The number of hydrogen-bond donors (Lipinski definition) is 1. The molecule has 3 heteroatoms. The van der Waals surface area contributed by atoms with Crippen LogP contribution in [0.1, 0.15) is 30.3 Å². The van der Waals surface area contributed by atoms with Crippen LogP contribution in [0, 0.1) is 5.41 Å². The highest BCUT2D eigenvalue weighted by molar-refractivity contribution is 5.84. The minimum absolute atomic E-state index is 0.359. The summed E-state index contributed by atoms with van der Waals surface area (Å²) in [5.74, 6) is -0.359. The molecule has 1 heterocycles. The predicted molar refractivity (Wildman–Crippen MR) is 74.8 cm³/mol. The predicted octanol–water partition coefficient (Wildman–Crippen LogP) is 3.02. The lowest BCUT2D eigenvalue weighted by molar-refractivity contribution is -0.224. The molecule has 20 heavy (non-hydrogen) atoms. The van der Waals surface area contributed by atoms with Gasteiger partial charge in [0.15, 0.2) is 0 Å². The van der Waals surface area contributed by atoms with Gasteiger partial charge < -0.3 is 9.84 Å². The van der Waals surface area contributed by atoms with E-state index in [0.29, 0.717) is 0 Å². The number of carbonyl (C=O) groups excluding carboxylic acids is 1. The number of aliphatic hydroxyl groups excluding tert-OH is 1. The van der Waals surface area contributed by atoms with Crippen LogP contribution in [0.5, 0.6) is 0 Å². The summed E-state index contributed by atoms with van der Waals surface area (Å²) in [6.07, 6.45) is -1.29. The van der Waals surface area contributed by atoms with Gasteiger partial charge in [-0.2, -0.15) is 0 Å². The summed E-state index contributed by atoms with van der Waals surface area (Å²) in [5.41, 5.74) is 0.695. The Labute approximate surface area is 117 Å². The maximum absolute atomic E-state index is 12.0. The van der Waals surface area contributed by atoms with Gasteiger partial charge in [0.2, 0.25) is 0 Å². The van der Waals surface area contributed by atoms with Crippen molar-refractivity contribution in [1.82, 2.24) is 0 Å². The Morgan fingerprint density at radius 1 is 1.05 bits per heavy atom. The Morgan fingerprint density at radius 2 is 1.60 bits per heavy atom. The molecule has 3 rings (SSSR count). The van der Waals surface area contributed by atoms with Gasteiger partial charge in [-0.25, -0.2) is 0 Å². The number of aliphatic hydroxyl groups is 1. The third-order valence-corrected chi connectivity index (χ3v) is 4.00. The minimum Gasteiger partial charge on any atom is -0.456 e. The van der Waals surface area contributed by atoms with Gasteiger partial charge >= 0.3 is 5.97 Å². The molecule has 0 aliphatic carbocycles. The Morgan fingerprint density at radius 3 is 2.15 bits per heavy atom. The molecule has 1 N–H and O–H groups in total. The molecule has 1 aliphatic heterocycles. The molecule has 0 bridgehead atoms. The topological polar surface area (TPSA) is 46.5 Å². The summed E-state index contributed by atoms with van der Waals surface area (Å²) in [4.78, 5) is 12.0. The van der Waals surface area contributed by atoms with E-state index >= 15 is 0 Å². The standard InChI is InChI=1S/C17H16O3/c1-17(14(18)12-8-4-2-5-9-12)15(20-16(17)19)13-10-6-3-7-11-13/h2-11,14-15,18H,1H3/t14-,15-,17-/m0/s1. The summed E-state index contributed by atoms with van der Waals surface area (Å²) in [5, 5.41) is 10.6. The molecule has 1 aliphatic rings. The highest BCUT2D eigenvalue weighted by atomic mass is 16.6. The summed E-state index contributed by atoms with van der Waals surface area (Å²) < 4.78 is 5.28. The molecule has 0 radical (unpaired) electrons. The van der Waals surface area contributed by atoms with Crippen molar-refractivity contribution < 1.29 is 14.6 Å². The molecular weight excluding hydrogens is 252 g/mol. The third kappa shape index (κ3) is 1.82. The van der Waals surface area contributed by atoms with Gasteiger partial charge in [0.1, 0.15) is 11.5 Å². The summed E-state index contributed by atoms with van der Waals surface area (Å²) in [6.45, 7) is 1.76. The van der Waals surface area contributed by atoms with Crippen LogP contribution < -0.4 is 0 Å². The smallest absolute Gasteiger partial charge is 0.319 e. The van der Waals surface area contributed by atoms with Crippen LogP contribution >= 0.6 is 0 Å². The zero-order valence-electron chi connectivity index (χ0n) is 11.2. The molecule has 102 valence electrons. The van der Waals surface area contributed by atoms with E-state index in [4.69, 9.17) is 4.74 Å². The second-order valence-electron chi connectivity index (χ2n) is 5.29. The number of rotatable bonds is 3. The molecule has 1 fully saturated rings. The SMILES string of the molecule is C[C@@]1([C@@H](O)c2ccccc2)C(=O)O[C@H]1c1ccccc1. The second-order valence-corrected chi connectivity index (χ2v) is 5.29. The zero-order valence-corrected chi connectivity index (χ0v) is 11.2. The van der Waals surface area contributed by atoms with Crippen LogP contribution in [0.15, 0.2) is 60.7 Å². The van der Waals surface area contributed by atoms with E-state index in [2.05, 4.69) is 0 Å². The van der Waals surface area contributed by atoms with Crippen LogP contribution in [0.3, 0.4) is 0 Å². The van der Waals surface area contributed by atoms with E-state index in [1.165, 1.54) is 0 Å². The van der Waals surface area contributed by atoms with E-state index in [1.807, 2.05) is 60.7 Å². The third-order valence-electron chi connectivity index (χ3n) is 4.00. The Kier molecular flexibility index (Phi) is 3.07. The van der Waals surface area contributed by atoms with Gasteiger partial charge in [0.25, 0.3) is 0 Å². The van der Waals surface area contributed by atoms with Crippen molar-refractivity contribution in [2.24, 2.45) is 5.41 Å². The van der Waals surface area contributed by atoms with Gasteiger partial charge in [0, 0.05) is 0 Å². The molecule has 2 aromatic rings. The van der Waals surface area contributed by atoms with Gasteiger partial charge in [0.05, 0.1) is 6.10 Å². The van der Waals surface area contributed by atoms with Gasteiger partial charge in [-0.05, 0) is 18.1 Å². The summed E-state index contributed by atoms with van der Waals surface area (Å²) in [6, 6.07) is 18.8. The van der Waals surface area contributed by atoms with E-state index in [9.17, 15) is 9.90 Å². The van der Waals surface area contributed by atoms with Crippen molar-refractivity contribution in [3.63, 3.8) is 0 Å². The number of carbonyl (C=O) groups is 1. The van der Waals surface area contributed by atoms with Crippen LogP contribution in [0.2, 0.25) is 0 Å². The number of benzene rings is 2. The molecule has 2 aromatic carbocycles. The van der Waals surface area contributed by atoms with Crippen LogP contribution in [0.4, 0.5) is 0 Å². The van der Waals surface area contributed by atoms with Crippen molar-refractivity contribution in [3.05, 3.63) is 71.8 Å². The van der Waals surface area contributed by atoms with E-state index < -0.39 is 17.6 Å². The van der Waals surface area contributed by atoms with Crippen LogP contribution in [0.25, 0.3) is 0 Å². The fraction of sp³-hybridized carbons (Fsp3) is 0.235. The van der Waals surface area contributed by atoms with Crippen LogP contribution in [-0.2, 0) is 9.53 Å². The molecule has 1 saturated heterocycles. The molecule has 0 spiro atoms. The van der Waals surface area contributed by atoms with Crippen molar-refractivity contribution >= 4 is 5.97 Å². The van der Waals surface area contributed by atoms with E-state index in [0.717, 1.165) is 11.1 Å². The quantitative estimate of drug-likeness (QED) is 0.870. The Hall–Kier alpha value is -2.13. The fourth-order valence-electron chi connectivity index (χ4n) is 2.68. The molecular formula is C17H16O3. The Balaban J connectivity index is 1.95. The van der Waals surface area contributed by atoms with Gasteiger partial charge in [-0.1, -0.05) is 60.7 Å². The first-order valence-corrected chi connectivity index (χ1v) is 6.63. The van der Waals surface area contributed by atoms with E-state index in [-0.39, 0.29) is 5.97 Å². The lowest BCUT2D eigenvalue weighted by Gasteiger charge is -2.47. The van der Waals surface area contributed by atoms with Gasteiger partial charge in [-0.3, -0.25) is 4.79 Å². The molecule has 0 saturated carbocycles. The zero-order chi connectivity index (χ0) is 14.2. The monoisotopic (exact) mass is 268 g/mol. The first kappa shape index (κ1) is 12.9. The minimum atomic E-state index is -0.942. The average molecular weight is 268 g/mol. The lowest BCUT2D eigenvalue weighted by atomic mass is 9.70. The van der Waals surface area contributed by atoms with E-state index in [1.54, 1.807) is 6.92 Å². The molecule has 3 atom stereocenters. The largest absolute Gasteiger partial charge is 0.456 e. The maximum atomic E-state index is 12.0. The Bertz CT molecular complexity index is 565. The normalized spacial score (nSPS) is 26.5. The number of hydrogen-bond acceptors (Lipinski definition) is 3. The van der Waals surface area contributed by atoms with Crippen molar-refractivity contribution in [3.8, 4) is 0 Å². The van der Waals surface area contributed by atoms with Crippen molar-refractivity contribution in [2.45, 2.75) is 19.1 Å². The maximum Gasteiger partial charge on any atom is 0.319 e. The summed E-state index contributed by atoms with van der Waals surface area (Å²) >= 11 is 0. The first-order chi connectivity index (χ1) is 9.64. The number of ether oxygens (including phenoxy) is 1. The van der Waals surface area contributed by atoms with Crippen molar-refractivity contribution in [2.75, 3.05) is 0 Å². The van der Waals surface area contributed by atoms with Gasteiger partial charge in [-0.15, -0.1) is 0 Å². The molecule has 3 nitrogen and oxygen atoms in total. The highest BCUT2D eigenvalue weighted by Crippen LogP contribution is 2.54. The highest BCUT2D eigenvalue weighted by Gasteiger charge is 2.59. The lowest BCUT2D eigenvalue weighted by Crippen LogP contribution is -2.52. The molecule has 0 amide bonds.